The maximum atomic E-state index is 12.5. The molecule has 0 aliphatic carbocycles. The van der Waals surface area contributed by atoms with Crippen LogP contribution >= 0.6 is 0 Å². The molecule has 110 valence electrons. The number of aromatic nitrogens is 1. The predicted octanol–water partition coefficient (Wildman–Crippen LogP) is 2.03. The maximum absolute atomic E-state index is 12.5. The van der Waals surface area contributed by atoms with Crippen molar-refractivity contribution in [3.63, 3.8) is 0 Å². The molecule has 1 unspecified atom stereocenters. The van der Waals surface area contributed by atoms with E-state index in [4.69, 9.17) is 0 Å². The lowest BCUT2D eigenvalue weighted by atomic mass is 10.2. The van der Waals surface area contributed by atoms with E-state index in [-0.39, 0.29) is 12.5 Å². The third kappa shape index (κ3) is 2.39. The molecule has 1 aromatic carbocycles. The van der Waals surface area contributed by atoms with Crippen LogP contribution in [0.4, 0.5) is 0 Å². The van der Waals surface area contributed by atoms with E-state index >= 15 is 0 Å². The van der Waals surface area contributed by atoms with Crippen molar-refractivity contribution in [3.8, 4) is 0 Å². The predicted molar refractivity (Wildman–Crippen MR) is 79.0 cm³/mol. The van der Waals surface area contributed by atoms with Crippen LogP contribution in [0.5, 0.6) is 0 Å². The van der Waals surface area contributed by atoms with Gasteiger partial charge in [0.05, 0.1) is 0 Å². The third-order valence-corrected chi connectivity index (χ3v) is 4.17. The molecule has 21 heavy (non-hydrogen) atoms. The van der Waals surface area contributed by atoms with Crippen molar-refractivity contribution >= 4 is 22.8 Å². The number of aliphatic carboxylic acids is 1. The van der Waals surface area contributed by atoms with E-state index in [1.165, 1.54) is 4.90 Å². The molecule has 0 saturated carbocycles. The van der Waals surface area contributed by atoms with Gasteiger partial charge in [0.2, 0.25) is 5.91 Å². The van der Waals surface area contributed by atoms with Gasteiger partial charge in [-0.2, -0.15) is 0 Å². The molecule has 2 heterocycles. The first-order valence-electron chi connectivity index (χ1n) is 7.15. The minimum atomic E-state index is -0.907. The summed E-state index contributed by atoms with van der Waals surface area (Å²) in [6.45, 7) is 2.70. The van der Waals surface area contributed by atoms with Gasteiger partial charge in [0.15, 0.2) is 0 Å². The van der Waals surface area contributed by atoms with Crippen LogP contribution in [-0.2, 0) is 16.1 Å². The van der Waals surface area contributed by atoms with E-state index < -0.39 is 12.0 Å². The zero-order valence-electron chi connectivity index (χ0n) is 12.0. The van der Waals surface area contributed by atoms with Gasteiger partial charge in [0.25, 0.3) is 0 Å². The number of carbonyl (C=O) groups is 2. The lowest BCUT2D eigenvalue weighted by Gasteiger charge is -2.22. The molecule has 3 rings (SSSR count). The first-order chi connectivity index (χ1) is 10.1. The van der Waals surface area contributed by atoms with Crippen molar-refractivity contribution in [1.29, 1.82) is 0 Å². The quantitative estimate of drug-likeness (QED) is 0.939. The number of carbonyl (C=O) groups excluding carboxylic acids is 1. The number of benzene rings is 1. The molecule has 1 aromatic heterocycles. The summed E-state index contributed by atoms with van der Waals surface area (Å²) in [5.74, 6) is -1.03. The summed E-state index contributed by atoms with van der Waals surface area (Å²) < 4.78 is 1.95. The van der Waals surface area contributed by atoms with E-state index in [0.717, 1.165) is 23.0 Å². The maximum Gasteiger partial charge on any atom is 0.326 e. The molecule has 1 aliphatic rings. The highest BCUT2D eigenvalue weighted by molar-refractivity contribution is 5.87. The Hall–Kier alpha value is -2.30. The normalized spacial score (nSPS) is 18.3. The number of nitrogens with zero attached hydrogens (tertiary/aromatic N) is 2. The van der Waals surface area contributed by atoms with Gasteiger partial charge in [-0.25, -0.2) is 4.79 Å². The molecule has 5 nitrogen and oxygen atoms in total. The first-order valence-corrected chi connectivity index (χ1v) is 7.15. The standard InChI is InChI=1S/C16H18N2O3/c1-11-9-12-5-2-3-6-13(12)18(11)10-15(19)17-8-4-7-14(17)16(20)21/h2-3,5-6,9,14H,4,7-8,10H2,1H3,(H,20,21). The zero-order chi connectivity index (χ0) is 15.0. The number of amides is 1. The smallest absolute Gasteiger partial charge is 0.326 e. The molecule has 0 radical (unpaired) electrons. The van der Waals surface area contributed by atoms with Gasteiger partial charge in [0.1, 0.15) is 12.6 Å². The van der Waals surface area contributed by atoms with Gasteiger partial charge < -0.3 is 14.6 Å². The van der Waals surface area contributed by atoms with Crippen LogP contribution in [0.25, 0.3) is 10.9 Å². The van der Waals surface area contributed by atoms with Crippen molar-refractivity contribution in [1.82, 2.24) is 9.47 Å². The Bertz CT molecular complexity index is 705. The van der Waals surface area contributed by atoms with Crippen LogP contribution in [0.2, 0.25) is 0 Å². The number of carboxylic acids is 1. The number of aryl methyl sites for hydroxylation is 1. The topological polar surface area (TPSA) is 62.5 Å². The molecule has 5 heteroatoms. The first kappa shape index (κ1) is 13.7. The lowest BCUT2D eigenvalue weighted by Crippen LogP contribution is -2.42. The highest BCUT2D eigenvalue weighted by Gasteiger charge is 2.33. The summed E-state index contributed by atoms with van der Waals surface area (Å²) in [6.07, 6.45) is 1.31. The van der Waals surface area contributed by atoms with Crippen LogP contribution in [-0.4, -0.2) is 39.0 Å². The third-order valence-electron chi connectivity index (χ3n) is 4.17. The Morgan fingerprint density at radius 1 is 1.33 bits per heavy atom. The average molecular weight is 286 g/mol. The minimum absolute atomic E-state index is 0.121. The highest BCUT2D eigenvalue weighted by atomic mass is 16.4. The molecule has 2 aromatic rings. The van der Waals surface area contributed by atoms with Crippen LogP contribution in [0.3, 0.4) is 0 Å². The Morgan fingerprint density at radius 2 is 2.10 bits per heavy atom. The van der Waals surface area contributed by atoms with Crippen molar-refractivity contribution in [2.45, 2.75) is 32.4 Å². The number of para-hydroxylation sites is 1. The second-order valence-corrected chi connectivity index (χ2v) is 5.51. The summed E-state index contributed by atoms with van der Waals surface area (Å²) in [5, 5.41) is 10.3. The molecule has 0 bridgehead atoms. The average Bonchev–Trinajstić information content (AvgIpc) is 3.04. The lowest BCUT2D eigenvalue weighted by molar-refractivity contribution is -0.148. The number of rotatable bonds is 3. The Kier molecular flexibility index (Phi) is 3.41. The number of fused-ring (bicyclic) bond motifs is 1. The fourth-order valence-corrected chi connectivity index (χ4v) is 3.11. The van der Waals surface area contributed by atoms with E-state index in [9.17, 15) is 14.7 Å². The Morgan fingerprint density at radius 3 is 2.86 bits per heavy atom. The van der Waals surface area contributed by atoms with E-state index in [1.807, 2.05) is 41.8 Å². The molecule has 0 spiro atoms. The van der Waals surface area contributed by atoms with Gasteiger partial charge in [-0.15, -0.1) is 0 Å². The van der Waals surface area contributed by atoms with Crippen LogP contribution in [0.15, 0.2) is 30.3 Å². The van der Waals surface area contributed by atoms with Crippen molar-refractivity contribution < 1.29 is 14.7 Å². The van der Waals surface area contributed by atoms with Gasteiger partial charge in [-0.05, 0) is 37.3 Å². The Labute approximate surface area is 122 Å². The zero-order valence-corrected chi connectivity index (χ0v) is 12.0. The van der Waals surface area contributed by atoms with Gasteiger partial charge in [0, 0.05) is 17.8 Å². The number of hydrogen-bond donors (Lipinski definition) is 1. The molecule has 1 N–H and O–H groups in total. The molecular weight excluding hydrogens is 268 g/mol. The van der Waals surface area contributed by atoms with Gasteiger partial charge >= 0.3 is 5.97 Å². The monoisotopic (exact) mass is 286 g/mol. The minimum Gasteiger partial charge on any atom is -0.480 e. The van der Waals surface area contributed by atoms with E-state index in [0.29, 0.717) is 13.0 Å². The summed E-state index contributed by atoms with van der Waals surface area (Å²) in [5.41, 5.74) is 2.02. The second-order valence-electron chi connectivity index (χ2n) is 5.51. The van der Waals surface area contributed by atoms with Crippen molar-refractivity contribution in [3.05, 3.63) is 36.0 Å². The summed E-state index contributed by atoms with van der Waals surface area (Å²) in [4.78, 5) is 25.2. The molecule has 1 atom stereocenters. The highest BCUT2D eigenvalue weighted by Crippen LogP contribution is 2.22. The Balaban J connectivity index is 1.87. The fourth-order valence-electron chi connectivity index (χ4n) is 3.11. The molecule has 1 saturated heterocycles. The number of hydrogen-bond acceptors (Lipinski definition) is 2. The van der Waals surface area contributed by atoms with Crippen molar-refractivity contribution in [2.75, 3.05) is 6.54 Å². The van der Waals surface area contributed by atoms with Crippen molar-refractivity contribution in [2.24, 2.45) is 0 Å². The fraction of sp³-hybridized carbons (Fsp3) is 0.375. The molecule has 1 fully saturated rings. The van der Waals surface area contributed by atoms with E-state index in [2.05, 4.69) is 0 Å². The second kappa shape index (κ2) is 5.24. The summed E-state index contributed by atoms with van der Waals surface area (Å²) >= 11 is 0. The summed E-state index contributed by atoms with van der Waals surface area (Å²) in [7, 11) is 0. The molecule has 1 amide bonds. The van der Waals surface area contributed by atoms with Crippen LogP contribution < -0.4 is 0 Å². The molecular formula is C16H18N2O3. The van der Waals surface area contributed by atoms with Gasteiger partial charge in [-0.3, -0.25) is 4.79 Å². The largest absolute Gasteiger partial charge is 0.480 e. The number of carboxylic acid groups (broad SMARTS) is 1. The van der Waals surface area contributed by atoms with E-state index in [1.54, 1.807) is 0 Å². The summed E-state index contributed by atoms with van der Waals surface area (Å²) in [6, 6.07) is 9.28. The van der Waals surface area contributed by atoms with Gasteiger partial charge in [-0.1, -0.05) is 18.2 Å². The van der Waals surface area contributed by atoms with Crippen LogP contribution in [0, 0.1) is 6.92 Å². The van der Waals surface area contributed by atoms with Crippen LogP contribution in [0.1, 0.15) is 18.5 Å². The number of likely N-dealkylation sites (tertiary alicyclic amines) is 1. The molecule has 1 aliphatic heterocycles. The SMILES string of the molecule is Cc1cc2ccccc2n1CC(=O)N1CCCC1C(=O)O.